The molecule has 316 valence electrons. The van der Waals surface area contributed by atoms with E-state index in [-0.39, 0.29) is 11.9 Å². The second-order valence-electron chi connectivity index (χ2n) is 13.3. The van der Waals surface area contributed by atoms with E-state index in [0.717, 1.165) is 40.1 Å². The number of anilines is 1. The van der Waals surface area contributed by atoms with Gasteiger partial charge in [0.1, 0.15) is 5.60 Å². The maximum absolute atomic E-state index is 13.6. The first-order valence-corrected chi connectivity index (χ1v) is 20.1. The highest BCUT2D eigenvalue weighted by Gasteiger charge is 2.51. The van der Waals surface area contributed by atoms with Gasteiger partial charge in [-0.25, -0.2) is 4.98 Å². The fourth-order valence-electron chi connectivity index (χ4n) is 6.34. The number of nitrogen functional groups attached to an aromatic ring is 1. The second-order valence-corrected chi connectivity index (χ2v) is 14.4. The van der Waals surface area contributed by atoms with Gasteiger partial charge in [-0.1, -0.05) is 69.3 Å². The van der Waals surface area contributed by atoms with Gasteiger partial charge in [0.2, 0.25) is 0 Å². The third-order valence-electron chi connectivity index (χ3n) is 9.20. The summed E-state index contributed by atoms with van der Waals surface area (Å²) < 4.78 is 7.54. The van der Waals surface area contributed by atoms with Gasteiger partial charge in [-0.2, -0.15) is 5.26 Å². The summed E-state index contributed by atoms with van der Waals surface area (Å²) in [7, 11) is 5.13. The Hall–Kier alpha value is -5.39. The zero-order valence-corrected chi connectivity index (χ0v) is 36.8. The number of rotatable bonds is 9. The first-order valence-electron chi connectivity index (χ1n) is 19.3. The summed E-state index contributed by atoms with van der Waals surface area (Å²) in [5.74, 6) is -0.157. The van der Waals surface area contributed by atoms with E-state index >= 15 is 0 Å². The van der Waals surface area contributed by atoms with Crippen molar-refractivity contribution in [2.45, 2.75) is 64.6 Å². The monoisotopic (exact) mass is 844 g/mol. The molecule has 13 nitrogen and oxygen atoms in total. The molecule has 1 amide bonds. The van der Waals surface area contributed by atoms with Crippen LogP contribution in [0.4, 0.5) is 5.69 Å². The molecule has 0 bridgehead atoms. The van der Waals surface area contributed by atoms with Crippen LogP contribution in [0.3, 0.4) is 0 Å². The zero-order chi connectivity index (χ0) is 44.1. The second kappa shape index (κ2) is 25.2. The molecule has 2 aliphatic carbocycles. The molecule has 1 aliphatic heterocycles. The van der Waals surface area contributed by atoms with Crippen LogP contribution in [0, 0.1) is 16.2 Å². The smallest absolute Gasteiger partial charge is 0.253 e. The number of amides is 1. The van der Waals surface area contributed by atoms with Gasteiger partial charge in [0.15, 0.2) is 0 Å². The minimum Gasteiger partial charge on any atom is -0.399 e. The number of nitrogens with one attached hydrogen (secondary N) is 1. The molecule has 1 saturated heterocycles. The molecule has 0 spiro atoms. The highest BCUT2D eigenvalue weighted by atomic mass is 35.5. The number of halogens is 2. The van der Waals surface area contributed by atoms with E-state index in [1.54, 1.807) is 69.1 Å². The molecule has 15 heteroatoms. The Kier molecular flexibility index (Phi) is 21.2. The van der Waals surface area contributed by atoms with E-state index in [4.69, 9.17) is 43.9 Å². The summed E-state index contributed by atoms with van der Waals surface area (Å²) in [6.07, 6.45) is 11.4. The van der Waals surface area contributed by atoms with Crippen LogP contribution in [0.25, 0.3) is 5.57 Å². The van der Waals surface area contributed by atoms with E-state index in [9.17, 15) is 9.70 Å². The van der Waals surface area contributed by atoms with Crippen molar-refractivity contribution in [3.05, 3.63) is 129 Å². The molecular weight excluding hydrogens is 787 g/mol. The highest BCUT2D eigenvalue weighted by molar-refractivity contribution is 6.31. The van der Waals surface area contributed by atoms with Gasteiger partial charge < -0.3 is 25.3 Å². The molecule has 6 rings (SSSR count). The molecule has 3 aromatic rings. The number of hydrogen-bond donors (Lipinski definition) is 2. The number of allylic oxidation sites excluding steroid dienone is 3. The number of methoxy groups -OCH3 is 1. The fourth-order valence-corrected chi connectivity index (χ4v) is 6.51. The number of benzene rings is 2. The number of nitroso groups, excluding NO2 is 1. The topological polar surface area (TPSA) is 167 Å². The van der Waals surface area contributed by atoms with Crippen molar-refractivity contribution in [1.29, 1.82) is 5.26 Å². The van der Waals surface area contributed by atoms with Crippen LogP contribution >= 0.6 is 23.2 Å². The third kappa shape index (κ3) is 14.1. The molecule has 3 aliphatic rings. The van der Waals surface area contributed by atoms with Crippen LogP contribution < -0.4 is 11.1 Å². The number of aromatic nitrogens is 2. The van der Waals surface area contributed by atoms with Crippen LogP contribution in [0.1, 0.15) is 81.4 Å². The Labute approximate surface area is 359 Å². The maximum atomic E-state index is 13.6. The SMILES string of the molecule is C=C(C)Cl.C=CN=C1/C(=C\CC)C=C(C(NC(=O)C2(OC)CC2)c2cncn2C)c2cc(Cl)ccc2C1N1CCN(N=O)CC1.C=NC.CC.N#Cc1ccc(N)cc1. The predicted molar refractivity (Wildman–Crippen MR) is 243 cm³/mol. The number of nitrogens with zero attached hydrogens (tertiary/aromatic N) is 8. The van der Waals surface area contributed by atoms with Crippen LogP contribution in [0.5, 0.6) is 0 Å². The van der Waals surface area contributed by atoms with Gasteiger partial charge in [-0.3, -0.25) is 19.7 Å². The number of aliphatic imine (C=N–C) groups is 2. The van der Waals surface area contributed by atoms with Gasteiger partial charge >= 0.3 is 0 Å². The summed E-state index contributed by atoms with van der Waals surface area (Å²) >= 11 is 11.7. The van der Waals surface area contributed by atoms with E-state index in [1.807, 2.05) is 49.7 Å². The average Bonchev–Trinajstić information content (AvgIpc) is 3.95. The van der Waals surface area contributed by atoms with Crippen molar-refractivity contribution < 1.29 is 9.53 Å². The Balaban J connectivity index is 0.000000558. The Bertz CT molecular complexity index is 2000. The number of nitrogens with two attached hydrogens (primary N) is 1. The number of piperazine rings is 1. The van der Waals surface area contributed by atoms with Crippen molar-refractivity contribution in [2.24, 2.45) is 22.3 Å². The van der Waals surface area contributed by atoms with Crippen LogP contribution in [-0.2, 0) is 16.6 Å². The van der Waals surface area contributed by atoms with Crippen molar-refractivity contribution in [2.75, 3.05) is 46.1 Å². The van der Waals surface area contributed by atoms with Crippen molar-refractivity contribution in [3.63, 3.8) is 0 Å². The van der Waals surface area contributed by atoms with E-state index < -0.39 is 11.6 Å². The van der Waals surface area contributed by atoms with E-state index in [1.165, 1.54) is 0 Å². The Morgan fingerprint density at radius 2 is 1.80 bits per heavy atom. The number of carbonyl (C=O) groups is 1. The number of ether oxygens (including phenoxy) is 1. The Morgan fingerprint density at radius 1 is 1.19 bits per heavy atom. The lowest BCUT2D eigenvalue weighted by molar-refractivity contribution is -0.134. The highest BCUT2D eigenvalue weighted by Crippen LogP contribution is 2.45. The molecule has 1 aromatic heterocycles. The molecule has 3 N–H and O–H groups in total. The Morgan fingerprint density at radius 3 is 2.27 bits per heavy atom. The first-order chi connectivity index (χ1) is 28.3. The van der Waals surface area contributed by atoms with Crippen LogP contribution in [-0.4, -0.2) is 83.7 Å². The molecule has 2 unspecified atom stereocenters. The summed E-state index contributed by atoms with van der Waals surface area (Å²) in [5.41, 5.74) is 11.3. The van der Waals surface area contributed by atoms with Crippen LogP contribution in [0.15, 0.2) is 112 Å². The number of aryl methyl sites for hydroxylation is 1. The van der Waals surface area contributed by atoms with Crippen molar-refractivity contribution in [1.82, 2.24) is 24.8 Å². The number of carbonyl (C=O) groups excluding carboxylic acids is 1. The minimum absolute atomic E-state index is 0.157. The molecule has 59 heavy (non-hydrogen) atoms. The lowest BCUT2D eigenvalue weighted by Crippen LogP contribution is -2.47. The maximum Gasteiger partial charge on any atom is 0.253 e. The summed E-state index contributed by atoms with van der Waals surface area (Å²) in [5, 5.41) is 17.5. The minimum atomic E-state index is -0.814. The predicted octanol–water partition coefficient (Wildman–Crippen LogP) is 9.01. The fraction of sp³-hybridized carbons (Fsp3) is 0.386. The molecular formula is C44H58Cl2N10O3. The number of hydrogen-bond acceptors (Lipinski definition) is 10. The zero-order valence-electron chi connectivity index (χ0n) is 35.3. The van der Waals surface area contributed by atoms with Crippen LogP contribution in [0.2, 0.25) is 5.02 Å². The standard InChI is InChI=1S/C30H36ClN7O3.C7H6N2.C3H5Cl.C2H5N.C2H6/c1-5-7-20-16-24(27(25-18-32-19-36(25)3)34-29(39)30(41-4)10-11-30)23-17-21(31)8-9-22(23)28(26(20)33-6-2)37-12-14-38(35-40)15-13-37;8-5-6-1-3-7(9)4-2-6;1-3(2)4;1-3-2;1-2/h6-9,16-19,27-28H,2,5,10-15H2,1,3-4H3,(H,34,39);1-4H,9H2;1H2,2H3;1H2,2H3;1-2H3/b20-7-,33-26?;;;;. The van der Waals surface area contributed by atoms with Crippen molar-refractivity contribution in [3.8, 4) is 6.07 Å². The van der Waals surface area contributed by atoms with E-state index in [0.29, 0.717) is 60.3 Å². The summed E-state index contributed by atoms with van der Waals surface area (Å²) in [6, 6.07) is 13.9. The largest absolute Gasteiger partial charge is 0.399 e. The number of imidazole rings is 1. The first kappa shape index (κ1) is 49.8. The van der Waals surface area contributed by atoms with Gasteiger partial charge in [-0.15, -0.1) is 4.91 Å². The molecule has 1 saturated carbocycles. The van der Waals surface area contributed by atoms with Gasteiger partial charge in [-0.05, 0) is 97.7 Å². The summed E-state index contributed by atoms with van der Waals surface area (Å²) in [6.45, 7) is 20.5. The number of fused-ring (bicyclic) bond motifs is 1. The molecule has 2 fully saturated rings. The third-order valence-corrected chi connectivity index (χ3v) is 9.43. The normalized spacial score (nSPS) is 18.0. The number of nitriles is 1. The van der Waals surface area contributed by atoms with E-state index in [2.05, 4.69) is 64.4 Å². The lowest BCUT2D eigenvalue weighted by atomic mass is 9.89. The average molecular weight is 846 g/mol. The van der Waals surface area contributed by atoms with Gasteiger partial charge in [0, 0.05) is 56.2 Å². The van der Waals surface area contributed by atoms with Gasteiger partial charge in [0.05, 0.1) is 66.0 Å². The van der Waals surface area contributed by atoms with Crippen molar-refractivity contribution >= 4 is 52.8 Å². The molecule has 2 aromatic carbocycles. The summed E-state index contributed by atoms with van der Waals surface area (Å²) in [4.78, 5) is 39.6. The quantitative estimate of drug-likeness (QED) is 0.122. The molecule has 0 radical (unpaired) electrons. The molecule has 2 heterocycles. The lowest BCUT2D eigenvalue weighted by Gasteiger charge is -2.38. The molecule has 2 atom stereocenters. The van der Waals surface area contributed by atoms with Gasteiger partial charge in [0.25, 0.3) is 5.91 Å².